The van der Waals surface area contributed by atoms with Gasteiger partial charge in [-0.1, -0.05) is 27.5 Å². The third-order valence-electron chi connectivity index (χ3n) is 4.51. The molecule has 0 radical (unpaired) electrons. The molecule has 0 saturated heterocycles. The largest absolute Gasteiger partial charge is 0.480 e. The molecule has 1 aliphatic carbocycles. The maximum Gasteiger partial charge on any atom is 0.325 e. The number of carboxylic acids is 1. The first kappa shape index (κ1) is 19.3. The van der Waals surface area contributed by atoms with Crippen LogP contribution in [0.4, 0.5) is 0 Å². The van der Waals surface area contributed by atoms with E-state index in [4.69, 9.17) is 16.7 Å². The summed E-state index contributed by atoms with van der Waals surface area (Å²) in [4.78, 5) is 11.0. The first-order valence-electron chi connectivity index (χ1n) is 7.91. The van der Waals surface area contributed by atoms with Crippen molar-refractivity contribution in [3.8, 4) is 0 Å². The van der Waals surface area contributed by atoms with Crippen LogP contribution in [0.3, 0.4) is 0 Å². The number of hydrogen-bond acceptors (Lipinski definition) is 4. The van der Waals surface area contributed by atoms with Gasteiger partial charge in [0.2, 0.25) is 10.0 Å². The fraction of sp³-hybridized carbons (Fsp3) is 0.375. The van der Waals surface area contributed by atoms with Gasteiger partial charge >= 0.3 is 5.97 Å². The minimum absolute atomic E-state index is 0.0370. The van der Waals surface area contributed by atoms with Crippen molar-refractivity contribution >= 4 is 43.5 Å². The van der Waals surface area contributed by atoms with Crippen molar-refractivity contribution in [2.24, 2.45) is 0 Å². The number of carbonyl (C=O) groups is 1. The van der Waals surface area contributed by atoms with Gasteiger partial charge in [0.15, 0.2) is 0 Å². The van der Waals surface area contributed by atoms with Crippen molar-refractivity contribution in [1.82, 2.24) is 14.1 Å². The molecule has 7 nitrogen and oxygen atoms in total. The molecule has 0 fully saturated rings. The van der Waals surface area contributed by atoms with Crippen molar-refractivity contribution in [1.29, 1.82) is 0 Å². The second kappa shape index (κ2) is 7.30. The Hall–Kier alpha value is -1.42. The highest BCUT2D eigenvalue weighted by atomic mass is 79.9. The van der Waals surface area contributed by atoms with E-state index in [1.54, 1.807) is 18.3 Å². The number of hydrogen-bond donors (Lipinski definition) is 1. The molecule has 3 rings (SSSR count). The first-order chi connectivity index (χ1) is 12.2. The van der Waals surface area contributed by atoms with Gasteiger partial charge in [-0.3, -0.25) is 9.48 Å². The zero-order valence-corrected chi connectivity index (χ0v) is 17.1. The van der Waals surface area contributed by atoms with Crippen LogP contribution in [-0.2, 0) is 27.8 Å². The summed E-state index contributed by atoms with van der Waals surface area (Å²) in [6.45, 7) is -0.239. The number of aromatic nitrogens is 2. The van der Waals surface area contributed by atoms with Crippen molar-refractivity contribution in [3.63, 3.8) is 0 Å². The summed E-state index contributed by atoms with van der Waals surface area (Å²) in [5.74, 6) is -0.986. The quantitative estimate of drug-likeness (QED) is 0.737. The molecule has 0 saturated carbocycles. The monoisotopic (exact) mass is 461 g/mol. The normalized spacial score (nSPS) is 17.3. The van der Waals surface area contributed by atoms with Crippen LogP contribution in [0.25, 0.3) is 0 Å². The van der Waals surface area contributed by atoms with E-state index in [-0.39, 0.29) is 16.5 Å². The average Bonchev–Trinajstić information content (AvgIpc) is 2.96. The van der Waals surface area contributed by atoms with Crippen LogP contribution in [-0.4, -0.2) is 40.6 Å². The van der Waals surface area contributed by atoms with Crippen LogP contribution >= 0.6 is 27.5 Å². The van der Waals surface area contributed by atoms with E-state index in [9.17, 15) is 13.2 Å². The van der Waals surface area contributed by atoms with Crippen molar-refractivity contribution in [2.75, 3.05) is 7.05 Å². The number of nitrogens with zero attached hydrogens (tertiary/aromatic N) is 3. The maximum atomic E-state index is 13.1. The molecule has 1 heterocycles. The summed E-state index contributed by atoms with van der Waals surface area (Å²) in [7, 11) is -2.30. The lowest BCUT2D eigenvalue weighted by Crippen LogP contribution is -2.33. The molecule has 2 aromatic rings. The number of rotatable bonds is 5. The summed E-state index contributed by atoms with van der Waals surface area (Å²) in [5, 5.41) is 13.3. The SMILES string of the molecule is CN(C1CCCc2c1cnn2CC(=O)O)S(=O)(=O)c1ccc(Br)cc1Cl. The molecule has 0 spiro atoms. The van der Waals surface area contributed by atoms with E-state index in [0.29, 0.717) is 17.3 Å². The number of aliphatic carboxylic acids is 1. The van der Waals surface area contributed by atoms with Crippen molar-refractivity contribution in [2.45, 2.75) is 36.7 Å². The standard InChI is InChI=1S/C16H17BrClN3O4S/c1-20(26(24,25)15-6-5-10(17)7-12(15)18)13-3-2-4-14-11(13)8-19-21(14)9-16(22)23/h5-8,13H,2-4,9H2,1H3,(H,22,23). The first-order valence-corrected chi connectivity index (χ1v) is 10.5. The second-order valence-corrected chi connectivity index (χ2v) is 9.39. The molecule has 1 atom stereocenters. The minimum Gasteiger partial charge on any atom is -0.480 e. The van der Waals surface area contributed by atoms with Gasteiger partial charge in [-0.2, -0.15) is 9.40 Å². The lowest BCUT2D eigenvalue weighted by Gasteiger charge is -2.31. The average molecular weight is 463 g/mol. The van der Waals surface area contributed by atoms with Crippen LogP contribution in [0.1, 0.15) is 30.1 Å². The Morgan fingerprint density at radius 1 is 1.50 bits per heavy atom. The van der Waals surface area contributed by atoms with E-state index in [0.717, 1.165) is 17.7 Å². The molecule has 0 aliphatic heterocycles. The maximum absolute atomic E-state index is 13.1. The second-order valence-electron chi connectivity index (χ2n) is 6.10. The Morgan fingerprint density at radius 2 is 2.23 bits per heavy atom. The smallest absolute Gasteiger partial charge is 0.325 e. The van der Waals surface area contributed by atoms with Crippen LogP contribution < -0.4 is 0 Å². The molecule has 1 aromatic heterocycles. The fourth-order valence-corrected chi connectivity index (χ4v) is 5.62. The topological polar surface area (TPSA) is 92.5 Å². The highest BCUT2D eigenvalue weighted by Gasteiger charge is 2.35. The van der Waals surface area contributed by atoms with Gasteiger partial charge in [0.25, 0.3) is 0 Å². The van der Waals surface area contributed by atoms with Crippen LogP contribution in [0.15, 0.2) is 33.8 Å². The summed E-state index contributed by atoms with van der Waals surface area (Å²) in [6, 6.07) is 4.23. The highest BCUT2D eigenvalue weighted by Crippen LogP contribution is 2.37. The van der Waals surface area contributed by atoms with E-state index in [2.05, 4.69) is 21.0 Å². The molecule has 1 N–H and O–H groups in total. The van der Waals surface area contributed by atoms with E-state index >= 15 is 0 Å². The van der Waals surface area contributed by atoms with Gasteiger partial charge in [-0.05, 0) is 37.5 Å². The molecular weight excluding hydrogens is 446 g/mol. The third kappa shape index (κ3) is 3.53. The predicted molar refractivity (Wildman–Crippen MR) is 99.6 cm³/mol. The van der Waals surface area contributed by atoms with E-state index < -0.39 is 22.0 Å². The molecular formula is C16H17BrClN3O4S. The van der Waals surface area contributed by atoms with Crippen LogP contribution in [0.5, 0.6) is 0 Å². The highest BCUT2D eigenvalue weighted by molar-refractivity contribution is 9.10. The molecule has 1 unspecified atom stereocenters. The van der Waals surface area contributed by atoms with Gasteiger partial charge in [-0.25, -0.2) is 8.42 Å². The van der Waals surface area contributed by atoms with Gasteiger partial charge in [0.05, 0.1) is 17.3 Å². The zero-order valence-electron chi connectivity index (χ0n) is 13.9. The van der Waals surface area contributed by atoms with Crippen LogP contribution in [0, 0.1) is 0 Å². The Morgan fingerprint density at radius 3 is 2.88 bits per heavy atom. The molecule has 26 heavy (non-hydrogen) atoms. The molecule has 1 aliphatic rings. The number of fused-ring (bicyclic) bond motifs is 1. The third-order valence-corrected chi connectivity index (χ3v) is 7.35. The summed E-state index contributed by atoms with van der Waals surface area (Å²) < 4.78 is 29.5. The van der Waals surface area contributed by atoms with Gasteiger partial charge in [0, 0.05) is 22.8 Å². The zero-order chi connectivity index (χ0) is 19.1. The Labute approximate surface area is 164 Å². The summed E-state index contributed by atoms with van der Waals surface area (Å²) in [6.07, 6.45) is 3.62. The molecule has 1 aromatic carbocycles. The minimum atomic E-state index is -3.82. The van der Waals surface area contributed by atoms with Gasteiger partial charge in [0.1, 0.15) is 11.4 Å². The van der Waals surface area contributed by atoms with Gasteiger partial charge < -0.3 is 5.11 Å². The van der Waals surface area contributed by atoms with E-state index in [1.165, 1.54) is 22.1 Å². The Kier molecular flexibility index (Phi) is 5.43. The summed E-state index contributed by atoms with van der Waals surface area (Å²) in [5.41, 5.74) is 1.52. The number of benzene rings is 1. The molecule has 0 amide bonds. The Balaban J connectivity index is 1.97. The number of sulfonamides is 1. The fourth-order valence-electron chi connectivity index (χ4n) is 3.24. The lowest BCUT2D eigenvalue weighted by molar-refractivity contribution is -0.137. The molecule has 0 bridgehead atoms. The van der Waals surface area contributed by atoms with Crippen molar-refractivity contribution < 1.29 is 18.3 Å². The van der Waals surface area contributed by atoms with Gasteiger partial charge in [-0.15, -0.1) is 0 Å². The van der Waals surface area contributed by atoms with E-state index in [1.807, 2.05) is 0 Å². The lowest BCUT2D eigenvalue weighted by atomic mass is 9.93. The number of halogens is 2. The number of carboxylic acid groups (broad SMARTS) is 1. The van der Waals surface area contributed by atoms with Crippen LogP contribution in [0.2, 0.25) is 5.02 Å². The molecule has 140 valence electrons. The predicted octanol–water partition coefficient (Wildman–Crippen LogP) is 3.08. The Bertz CT molecular complexity index is 960. The summed E-state index contributed by atoms with van der Waals surface area (Å²) >= 11 is 9.41. The van der Waals surface area contributed by atoms with Crippen molar-refractivity contribution in [3.05, 3.63) is 45.1 Å². The molecule has 10 heteroatoms.